The van der Waals surface area contributed by atoms with Crippen molar-refractivity contribution in [3.8, 4) is 0 Å². The van der Waals surface area contributed by atoms with Crippen LogP contribution in [0.4, 0.5) is 0 Å². The van der Waals surface area contributed by atoms with Gasteiger partial charge in [-0.05, 0) is 108 Å². The second kappa shape index (κ2) is 19.0. The molecule has 0 aromatic rings. The third-order valence-corrected chi connectivity index (χ3v) is 12.2. The van der Waals surface area contributed by atoms with E-state index in [1.165, 1.54) is 6.08 Å². The average Bonchev–Trinajstić information content (AvgIpc) is 3.04. The number of hydrogen-bond acceptors (Lipinski definition) is 9. The number of fused-ring (bicyclic) bond motifs is 2. The number of hydrogen-bond donors (Lipinski definition) is 6. The van der Waals surface area contributed by atoms with Gasteiger partial charge in [-0.1, -0.05) is 52.8 Å². The molecule has 0 aromatic heterocycles. The van der Waals surface area contributed by atoms with Gasteiger partial charge >= 0.3 is 5.97 Å². The summed E-state index contributed by atoms with van der Waals surface area (Å²) in [5.41, 5.74) is -1.51. The zero-order chi connectivity index (χ0) is 36.5. The molecule has 2 heterocycles. The fourth-order valence-electron chi connectivity index (χ4n) is 8.49. The van der Waals surface area contributed by atoms with E-state index in [0.717, 1.165) is 32.1 Å². The van der Waals surface area contributed by atoms with E-state index in [-0.39, 0.29) is 36.4 Å². The number of ether oxygens (including phenoxy) is 2. The third kappa shape index (κ3) is 12.7. The van der Waals surface area contributed by atoms with Crippen LogP contribution in [-0.2, 0) is 14.3 Å². The SMILES string of the molecule is C[C@H](CO)CC1/C=C/CCC[C@@](C)(O)CC[C@H](O)[C@@H](C)[C@H](O)[C@@H](C)/C=C/C(=O)O[C@H]2C[C@@]3(CC[C@H](C)[C@H](C[C@@H](C)O)O3)C[C@@H](C[C@@H]1O)[C@H]2C. The van der Waals surface area contributed by atoms with Crippen LogP contribution in [0.3, 0.4) is 0 Å². The molecule has 1 spiro atoms. The molecule has 2 fully saturated rings. The van der Waals surface area contributed by atoms with Gasteiger partial charge in [-0.15, -0.1) is 0 Å². The van der Waals surface area contributed by atoms with E-state index in [1.54, 1.807) is 26.8 Å². The molecule has 1 saturated carbocycles. The van der Waals surface area contributed by atoms with Crippen LogP contribution in [0.5, 0.6) is 0 Å². The molecule has 3 rings (SSSR count). The monoisotopic (exact) mass is 695 g/mol. The Morgan fingerprint density at radius 1 is 0.939 bits per heavy atom. The number of allylic oxidation sites excluding steroid dienone is 1. The number of esters is 1. The normalized spacial score (nSPS) is 44.9. The van der Waals surface area contributed by atoms with Gasteiger partial charge < -0.3 is 40.1 Å². The summed E-state index contributed by atoms with van der Waals surface area (Å²) in [6.07, 6.45) is 11.2. The summed E-state index contributed by atoms with van der Waals surface area (Å²) < 4.78 is 13.1. The molecule has 284 valence electrons. The lowest BCUT2D eigenvalue weighted by atomic mass is 9.65. The van der Waals surface area contributed by atoms with Gasteiger partial charge in [0.15, 0.2) is 0 Å². The summed E-state index contributed by atoms with van der Waals surface area (Å²) in [5.74, 6) is -1.29. The second-order valence-corrected chi connectivity index (χ2v) is 16.9. The molecule has 3 aliphatic rings. The van der Waals surface area contributed by atoms with Crippen molar-refractivity contribution in [2.45, 2.75) is 173 Å². The van der Waals surface area contributed by atoms with Gasteiger partial charge in [-0.25, -0.2) is 4.79 Å². The summed E-state index contributed by atoms with van der Waals surface area (Å²) in [7, 11) is 0. The van der Waals surface area contributed by atoms with E-state index in [1.807, 2.05) is 13.8 Å². The van der Waals surface area contributed by atoms with Gasteiger partial charge in [0.2, 0.25) is 0 Å². The van der Waals surface area contributed by atoms with Crippen molar-refractivity contribution in [3.05, 3.63) is 24.3 Å². The molecule has 6 N–H and O–H groups in total. The molecule has 0 radical (unpaired) electrons. The minimum atomic E-state index is -0.965. The lowest BCUT2D eigenvalue weighted by molar-refractivity contribution is -0.211. The highest BCUT2D eigenvalue weighted by Gasteiger charge is 2.50. The molecule has 9 heteroatoms. The van der Waals surface area contributed by atoms with Crippen molar-refractivity contribution in [2.24, 2.45) is 41.4 Å². The second-order valence-electron chi connectivity index (χ2n) is 16.9. The molecule has 2 bridgehead atoms. The van der Waals surface area contributed by atoms with Crippen molar-refractivity contribution in [2.75, 3.05) is 6.61 Å². The lowest BCUT2D eigenvalue weighted by Gasteiger charge is -2.52. The van der Waals surface area contributed by atoms with Crippen LogP contribution in [0.2, 0.25) is 0 Å². The summed E-state index contributed by atoms with van der Waals surface area (Å²) in [6, 6.07) is 0. The lowest BCUT2D eigenvalue weighted by Crippen LogP contribution is -2.54. The van der Waals surface area contributed by atoms with Crippen molar-refractivity contribution < 1.29 is 44.9 Å². The predicted molar refractivity (Wildman–Crippen MR) is 191 cm³/mol. The Hall–Kier alpha value is -1.33. The van der Waals surface area contributed by atoms with E-state index < -0.39 is 59.5 Å². The smallest absolute Gasteiger partial charge is 0.330 e. The Morgan fingerprint density at radius 2 is 1.65 bits per heavy atom. The van der Waals surface area contributed by atoms with Crippen LogP contribution in [-0.4, -0.2) is 91.0 Å². The number of rotatable bonds is 5. The number of carbonyl (C=O) groups excluding carboxylic acids is 1. The highest BCUT2D eigenvalue weighted by molar-refractivity contribution is 5.82. The fraction of sp³-hybridized carbons (Fsp3) is 0.875. The van der Waals surface area contributed by atoms with Crippen molar-refractivity contribution in [3.63, 3.8) is 0 Å². The van der Waals surface area contributed by atoms with E-state index in [2.05, 4.69) is 26.0 Å². The fourth-order valence-corrected chi connectivity index (χ4v) is 8.49. The highest BCUT2D eigenvalue weighted by atomic mass is 16.6. The van der Waals surface area contributed by atoms with Crippen molar-refractivity contribution in [1.29, 1.82) is 0 Å². The Labute approximate surface area is 296 Å². The molecule has 49 heavy (non-hydrogen) atoms. The van der Waals surface area contributed by atoms with Crippen molar-refractivity contribution >= 4 is 5.97 Å². The van der Waals surface area contributed by atoms with Gasteiger partial charge in [-0.3, -0.25) is 0 Å². The molecule has 0 amide bonds. The Kier molecular flexibility index (Phi) is 16.3. The molecule has 2 aliphatic heterocycles. The maximum Gasteiger partial charge on any atom is 0.330 e. The van der Waals surface area contributed by atoms with Crippen molar-refractivity contribution in [1.82, 2.24) is 0 Å². The summed E-state index contributed by atoms with van der Waals surface area (Å²) in [6.45, 7) is 13.4. The Bertz CT molecular complexity index is 1060. The largest absolute Gasteiger partial charge is 0.459 e. The van der Waals surface area contributed by atoms with Crippen LogP contribution in [0, 0.1) is 41.4 Å². The van der Waals surface area contributed by atoms with Gasteiger partial charge in [0.1, 0.15) is 6.10 Å². The van der Waals surface area contributed by atoms with Gasteiger partial charge in [-0.2, -0.15) is 0 Å². The predicted octanol–water partition coefficient (Wildman–Crippen LogP) is 5.48. The summed E-state index contributed by atoms with van der Waals surface area (Å²) in [4.78, 5) is 13.3. The summed E-state index contributed by atoms with van der Waals surface area (Å²) >= 11 is 0. The summed E-state index contributed by atoms with van der Waals surface area (Å²) in [5, 5.41) is 64.8. The number of carbonyl (C=O) groups is 1. The zero-order valence-electron chi connectivity index (χ0n) is 31.4. The Balaban J connectivity index is 1.94. The number of aliphatic hydroxyl groups is 6. The van der Waals surface area contributed by atoms with Crippen LogP contribution >= 0.6 is 0 Å². The van der Waals surface area contributed by atoms with Crippen LogP contribution in [0.15, 0.2) is 24.3 Å². The topological polar surface area (TPSA) is 157 Å². The van der Waals surface area contributed by atoms with E-state index in [0.29, 0.717) is 50.9 Å². The number of aliphatic hydroxyl groups excluding tert-OH is 5. The standard InChI is InChI=1S/C40H70O9/c1-25(24-41)19-31-11-9-8-10-16-39(7,47)17-15-33(43)30(6)38(46)27(3)12-13-37(45)48-36-23-40(22-32(29(36)5)21-34(31)44)18-14-26(2)35(49-40)20-28(4)42/h9,11-13,25-36,38,41-44,46-47H,8,10,14-24H2,1-7H3/b11-9+,13-12+/t25-,26-,27-,28+,29+,30+,31?,32+,33-,34-,35-,36-,38+,39+,40+/m0/s1. The van der Waals surface area contributed by atoms with Gasteiger partial charge in [0, 0.05) is 36.9 Å². The minimum absolute atomic E-state index is 0.00232. The molecular formula is C40H70O9. The van der Waals surface area contributed by atoms with Crippen LogP contribution < -0.4 is 0 Å². The molecule has 1 saturated heterocycles. The maximum absolute atomic E-state index is 13.3. The van der Waals surface area contributed by atoms with Gasteiger partial charge in [0.05, 0.1) is 41.7 Å². The van der Waals surface area contributed by atoms with E-state index >= 15 is 0 Å². The average molecular weight is 695 g/mol. The van der Waals surface area contributed by atoms with E-state index in [9.17, 15) is 35.4 Å². The zero-order valence-corrected chi connectivity index (χ0v) is 31.4. The Morgan fingerprint density at radius 3 is 2.33 bits per heavy atom. The molecular weight excluding hydrogens is 624 g/mol. The molecule has 9 nitrogen and oxygen atoms in total. The maximum atomic E-state index is 13.3. The highest BCUT2D eigenvalue weighted by Crippen LogP contribution is 2.49. The first-order chi connectivity index (χ1) is 23.0. The molecule has 15 atom stereocenters. The third-order valence-electron chi connectivity index (χ3n) is 12.2. The first-order valence-corrected chi connectivity index (χ1v) is 19.2. The molecule has 1 unspecified atom stereocenters. The van der Waals surface area contributed by atoms with E-state index in [4.69, 9.17) is 9.47 Å². The van der Waals surface area contributed by atoms with Crippen LogP contribution in [0.1, 0.15) is 126 Å². The minimum Gasteiger partial charge on any atom is -0.459 e. The molecule has 0 aromatic carbocycles. The van der Waals surface area contributed by atoms with Gasteiger partial charge in [0.25, 0.3) is 0 Å². The van der Waals surface area contributed by atoms with Crippen LogP contribution in [0.25, 0.3) is 0 Å². The first-order valence-electron chi connectivity index (χ1n) is 19.2. The first kappa shape index (κ1) is 42.1. The quantitative estimate of drug-likeness (QED) is 0.162. The molecule has 1 aliphatic carbocycles.